The van der Waals surface area contributed by atoms with Crippen molar-refractivity contribution >= 4 is 0 Å². The van der Waals surface area contributed by atoms with Gasteiger partial charge in [-0.05, 0) is 19.4 Å². The molecule has 78 valence electrons. The number of rotatable bonds is 4. The van der Waals surface area contributed by atoms with Crippen molar-refractivity contribution in [2.45, 2.75) is 12.8 Å². The molecule has 1 fully saturated rings. The third-order valence-corrected chi connectivity index (χ3v) is 2.61. The molecule has 0 atom stereocenters. The Bertz CT molecular complexity index is 242. The zero-order valence-electron chi connectivity index (χ0n) is 8.41. The van der Waals surface area contributed by atoms with Gasteiger partial charge >= 0.3 is 0 Å². The van der Waals surface area contributed by atoms with Crippen molar-refractivity contribution in [3.8, 4) is 0 Å². The van der Waals surface area contributed by atoms with Crippen molar-refractivity contribution < 1.29 is 4.52 Å². The smallest absolute Gasteiger partial charge is 0.124 e. The highest BCUT2D eigenvalue weighted by Gasteiger charge is 2.08. The number of piperazine rings is 1. The quantitative estimate of drug-likeness (QED) is 0.760. The Balaban J connectivity index is 1.62. The highest BCUT2D eigenvalue weighted by molar-refractivity contribution is 4.94. The van der Waals surface area contributed by atoms with Crippen molar-refractivity contribution in [1.29, 1.82) is 0 Å². The van der Waals surface area contributed by atoms with E-state index in [1.54, 1.807) is 6.26 Å². The molecule has 14 heavy (non-hydrogen) atoms. The van der Waals surface area contributed by atoms with Gasteiger partial charge in [0.25, 0.3) is 0 Å². The summed E-state index contributed by atoms with van der Waals surface area (Å²) in [5.41, 5.74) is 1.07. The molecule has 1 N–H and O–H groups in total. The second kappa shape index (κ2) is 5.12. The zero-order valence-corrected chi connectivity index (χ0v) is 8.41. The summed E-state index contributed by atoms with van der Waals surface area (Å²) in [5.74, 6) is 0. The van der Waals surface area contributed by atoms with E-state index in [2.05, 4.69) is 15.4 Å². The molecule has 1 saturated heterocycles. The third kappa shape index (κ3) is 2.82. The molecular formula is C10H17N3O. The normalized spacial score (nSPS) is 18.6. The first-order valence-corrected chi connectivity index (χ1v) is 5.27. The number of nitrogens with zero attached hydrogens (tertiary/aromatic N) is 2. The molecule has 0 bridgehead atoms. The number of aryl methyl sites for hydroxylation is 1. The molecule has 0 unspecified atom stereocenters. The Kier molecular flexibility index (Phi) is 3.54. The van der Waals surface area contributed by atoms with Crippen molar-refractivity contribution in [3.05, 3.63) is 18.0 Å². The minimum Gasteiger partial charge on any atom is -0.365 e. The van der Waals surface area contributed by atoms with Crippen LogP contribution in [0.25, 0.3) is 0 Å². The first-order chi connectivity index (χ1) is 6.95. The molecule has 1 aromatic heterocycles. The molecule has 0 aliphatic carbocycles. The summed E-state index contributed by atoms with van der Waals surface area (Å²) >= 11 is 0. The van der Waals surface area contributed by atoms with Crippen LogP contribution < -0.4 is 5.32 Å². The molecule has 1 aliphatic rings. The van der Waals surface area contributed by atoms with Crippen LogP contribution in [0.4, 0.5) is 0 Å². The monoisotopic (exact) mass is 195 g/mol. The molecule has 0 amide bonds. The van der Waals surface area contributed by atoms with Gasteiger partial charge in [-0.15, -0.1) is 0 Å². The summed E-state index contributed by atoms with van der Waals surface area (Å²) in [6, 6.07) is 1.94. The topological polar surface area (TPSA) is 41.3 Å². The summed E-state index contributed by atoms with van der Waals surface area (Å²) < 4.78 is 4.78. The maximum atomic E-state index is 4.78. The molecule has 0 saturated carbocycles. The first-order valence-electron chi connectivity index (χ1n) is 5.27. The molecule has 1 aromatic rings. The highest BCUT2D eigenvalue weighted by Crippen LogP contribution is 2.01. The largest absolute Gasteiger partial charge is 0.365 e. The Labute approximate surface area is 84.3 Å². The van der Waals surface area contributed by atoms with Crippen LogP contribution in [0, 0.1) is 0 Å². The van der Waals surface area contributed by atoms with Crippen LogP contribution in [-0.2, 0) is 6.42 Å². The lowest BCUT2D eigenvalue weighted by molar-refractivity contribution is 0.238. The number of hydrogen-bond donors (Lipinski definition) is 1. The molecule has 0 radical (unpaired) electrons. The average molecular weight is 195 g/mol. The standard InChI is InChI=1S/C10H17N3O/c1(2-10-3-9-14-12-10)6-13-7-4-11-5-8-13/h3,9,11H,1-2,4-8H2. The van der Waals surface area contributed by atoms with Crippen molar-refractivity contribution in [2.75, 3.05) is 32.7 Å². The van der Waals surface area contributed by atoms with Gasteiger partial charge in [0.1, 0.15) is 6.26 Å². The van der Waals surface area contributed by atoms with Crippen molar-refractivity contribution in [3.63, 3.8) is 0 Å². The summed E-state index contributed by atoms with van der Waals surface area (Å²) in [6.45, 7) is 5.79. The van der Waals surface area contributed by atoms with Gasteiger partial charge in [-0.2, -0.15) is 0 Å². The van der Waals surface area contributed by atoms with E-state index in [0.29, 0.717) is 0 Å². The van der Waals surface area contributed by atoms with Crippen LogP contribution in [0.5, 0.6) is 0 Å². The predicted octanol–water partition coefficient (Wildman–Crippen LogP) is 0.512. The van der Waals surface area contributed by atoms with Gasteiger partial charge < -0.3 is 14.7 Å². The molecule has 2 heterocycles. The molecule has 0 spiro atoms. The molecular weight excluding hydrogens is 178 g/mol. The van der Waals surface area contributed by atoms with E-state index in [1.807, 2.05) is 6.07 Å². The highest BCUT2D eigenvalue weighted by atomic mass is 16.5. The van der Waals surface area contributed by atoms with E-state index in [4.69, 9.17) is 4.52 Å². The van der Waals surface area contributed by atoms with Crippen LogP contribution >= 0.6 is 0 Å². The Morgan fingerprint density at radius 2 is 2.29 bits per heavy atom. The summed E-state index contributed by atoms with van der Waals surface area (Å²) in [5, 5.41) is 7.24. The fraction of sp³-hybridized carbons (Fsp3) is 0.700. The van der Waals surface area contributed by atoms with E-state index in [1.165, 1.54) is 26.1 Å². The summed E-state index contributed by atoms with van der Waals surface area (Å²) in [6.07, 6.45) is 3.84. The molecule has 4 nitrogen and oxygen atoms in total. The fourth-order valence-electron chi connectivity index (χ4n) is 1.79. The van der Waals surface area contributed by atoms with Crippen LogP contribution in [0.1, 0.15) is 12.1 Å². The Hall–Kier alpha value is -0.870. The van der Waals surface area contributed by atoms with Gasteiger partial charge in [0.05, 0.1) is 5.69 Å². The Morgan fingerprint density at radius 3 is 3.00 bits per heavy atom. The lowest BCUT2D eigenvalue weighted by Gasteiger charge is -2.26. The van der Waals surface area contributed by atoms with E-state index in [-0.39, 0.29) is 0 Å². The lowest BCUT2D eigenvalue weighted by atomic mass is 10.2. The third-order valence-electron chi connectivity index (χ3n) is 2.61. The van der Waals surface area contributed by atoms with Gasteiger partial charge in [0, 0.05) is 32.2 Å². The maximum Gasteiger partial charge on any atom is 0.124 e. The molecule has 0 aromatic carbocycles. The first kappa shape index (κ1) is 9.68. The van der Waals surface area contributed by atoms with Gasteiger partial charge in [-0.3, -0.25) is 0 Å². The van der Waals surface area contributed by atoms with E-state index in [9.17, 15) is 0 Å². The van der Waals surface area contributed by atoms with Crippen LogP contribution in [0.15, 0.2) is 16.9 Å². The van der Waals surface area contributed by atoms with Gasteiger partial charge in [0.2, 0.25) is 0 Å². The lowest BCUT2D eigenvalue weighted by Crippen LogP contribution is -2.43. The minimum absolute atomic E-state index is 1.03. The summed E-state index contributed by atoms with van der Waals surface area (Å²) in [4.78, 5) is 2.50. The van der Waals surface area contributed by atoms with Crippen molar-refractivity contribution in [2.24, 2.45) is 0 Å². The van der Waals surface area contributed by atoms with E-state index in [0.717, 1.165) is 25.2 Å². The Morgan fingerprint density at radius 1 is 1.43 bits per heavy atom. The predicted molar refractivity (Wildman–Crippen MR) is 54.1 cm³/mol. The van der Waals surface area contributed by atoms with Gasteiger partial charge in [0.15, 0.2) is 0 Å². The molecule has 4 heteroatoms. The SMILES string of the molecule is c1cc(CCCN2CCNCC2)no1. The average Bonchev–Trinajstić information content (AvgIpc) is 2.72. The fourth-order valence-corrected chi connectivity index (χ4v) is 1.79. The minimum atomic E-state index is 1.03. The summed E-state index contributed by atoms with van der Waals surface area (Å²) in [7, 11) is 0. The van der Waals surface area contributed by atoms with Crippen LogP contribution in [-0.4, -0.2) is 42.8 Å². The van der Waals surface area contributed by atoms with Gasteiger partial charge in [-0.1, -0.05) is 5.16 Å². The zero-order chi connectivity index (χ0) is 9.64. The van der Waals surface area contributed by atoms with Crippen LogP contribution in [0.2, 0.25) is 0 Å². The maximum absolute atomic E-state index is 4.78. The van der Waals surface area contributed by atoms with Crippen LogP contribution in [0.3, 0.4) is 0 Å². The molecule has 1 aliphatic heterocycles. The number of nitrogens with one attached hydrogen (secondary N) is 1. The van der Waals surface area contributed by atoms with Crippen molar-refractivity contribution in [1.82, 2.24) is 15.4 Å². The number of hydrogen-bond acceptors (Lipinski definition) is 4. The molecule has 2 rings (SSSR count). The number of aromatic nitrogens is 1. The van der Waals surface area contributed by atoms with E-state index >= 15 is 0 Å². The second-order valence-electron chi connectivity index (χ2n) is 3.69. The van der Waals surface area contributed by atoms with E-state index < -0.39 is 0 Å². The second-order valence-corrected chi connectivity index (χ2v) is 3.69. The van der Waals surface area contributed by atoms with Gasteiger partial charge in [-0.25, -0.2) is 0 Å².